The van der Waals surface area contributed by atoms with E-state index in [2.05, 4.69) is 10.3 Å². The Morgan fingerprint density at radius 3 is 2.46 bits per heavy atom. The predicted octanol–water partition coefficient (Wildman–Crippen LogP) is 3.25. The van der Waals surface area contributed by atoms with E-state index in [1.807, 2.05) is 44.1 Å². The van der Waals surface area contributed by atoms with Crippen molar-refractivity contribution in [1.82, 2.24) is 5.32 Å². The van der Waals surface area contributed by atoms with Crippen LogP contribution in [0.1, 0.15) is 19.4 Å². The van der Waals surface area contributed by atoms with Gasteiger partial charge >= 0.3 is 0 Å². The molecule has 0 spiro atoms. The Balaban J connectivity index is 2.48. The lowest BCUT2D eigenvalue weighted by molar-refractivity contribution is -0.120. The van der Waals surface area contributed by atoms with Crippen LogP contribution in [0.25, 0.3) is 0 Å². The molecule has 1 amide bonds. The third-order valence-corrected chi connectivity index (χ3v) is 4.14. The smallest absolute Gasteiger partial charge is 0.221 e. The third-order valence-electron chi connectivity index (χ3n) is 3.69. The number of nitrogens with zero attached hydrogens (tertiary/aromatic N) is 2. The van der Waals surface area contributed by atoms with Gasteiger partial charge in [0.15, 0.2) is 0 Å². The van der Waals surface area contributed by atoms with Gasteiger partial charge in [-0.05, 0) is 49.3 Å². The molecule has 2 rings (SSSR count). The lowest BCUT2D eigenvalue weighted by atomic mass is 10.0. The first-order chi connectivity index (χ1) is 11.2. The van der Waals surface area contributed by atoms with E-state index < -0.39 is 5.78 Å². The van der Waals surface area contributed by atoms with Crippen LogP contribution in [0.3, 0.4) is 0 Å². The summed E-state index contributed by atoms with van der Waals surface area (Å²) in [5.41, 5.74) is 4.15. The van der Waals surface area contributed by atoms with Gasteiger partial charge in [0, 0.05) is 26.7 Å². The molecule has 1 N–H and O–H groups in total. The second kappa shape index (κ2) is 7.01. The minimum absolute atomic E-state index is 0.0718. The lowest BCUT2D eigenvalue weighted by Crippen LogP contribution is -2.29. The van der Waals surface area contributed by atoms with E-state index in [-0.39, 0.29) is 16.6 Å². The van der Waals surface area contributed by atoms with Crippen LogP contribution in [0.2, 0.25) is 0 Å². The maximum absolute atomic E-state index is 12.1. The van der Waals surface area contributed by atoms with Crippen LogP contribution in [0.5, 0.6) is 0 Å². The van der Waals surface area contributed by atoms with Gasteiger partial charge in [0.1, 0.15) is 0 Å². The van der Waals surface area contributed by atoms with Gasteiger partial charge in [-0.25, -0.2) is 4.99 Å². The zero-order chi connectivity index (χ0) is 18.0. The van der Waals surface area contributed by atoms with Crippen molar-refractivity contribution >= 4 is 40.4 Å². The van der Waals surface area contributed by atoms with E-state index in [1.165, 1.54) is 6.92 Å². The summed E-state index contributed by atoms with van der Waals surface area (Å²) in [6, 6.07) is 5.92. The van der Waals surface area contributed by atoms with Gasteiger partial charge in [-0.1, -0.05) is 11.6 Å². The molecule has 126 valence electrons. The predicted molar refractivity (Wildman–Crippen MR) is 98.1 cm³/mol. The number of benzene rings is 1. The molecule has 1 aliphatic rings. The van der Waals surface area contributed by atoms with Crippen LogP contribution in [-0.2, 0) is 9.59 Å². The summed E-state index contributed by atoms with van der Waals surface area (Å²) in [5.74, 6) is -0.729. The van der Waals surface area contributed by atoms with Crippen molar-refractivity contribution in [3.63, 3.8) is 0 Å². The lowest BCUT2D eigenvalue weighted by Gasteiger charge is -2.17. The number of Topliss-reactive ketones (excluding diaryl/α,β-unsaturated/α-hetero) is 1. The number of ketones is 1. The number of allylic oxidation sites excluding steroid dienone is 3. The second-order valence-corrected chi connectivity index (χ2v) is 6.25. The van der Waals surface area contributed by atoms with Crippen LogP contribution in [0.4, 0.5) is 11.4 Å². The monoisotopic (exact) mass is 345 g/mol. The maximum Gasteiger partial charge on any atom is 0.221 e. The van der Waals surface area contributed by atoms with Crippen molar-refractivity contribution in [3.05, 3.63) is 46.1 Å². The Morgan fingerprint density at radius 1 is 1.25 bits per heavy atom. The summed E-state index contributed by atoms with van der Waals surface area (Å²) in [7, 11) is 3.95. The highest BCUT2D eigenvalue weighted by Gasteiger charge is 2.24. The van der Waals surface area contributed by atoms with E-state index in [4.69, 9.17) is 11.6 Å². The molecule has 5 nitrogen and oxygen atoms in total. The molecule has 6 heteroatoms. The molecule has 1 aromatic rings. The minimum atomic E-state index is -0.400. The average Bonchev–Trinajstić information content (AvgIpc) is 2.51. The van der Waals surface area contributed by atoms with Crippen LogP contribution in [0.15, 0.2) is 45.6 Å². The Morgan fingerprint density at radius 2 is 1.92 bits per heavy atom. The van der Waals surface area contributed by atoms with E-state index in [1.54, 1.807) is 13.0 Å². The number of hydrogen-bond donors (Lipinski definition) is 1. The van der Waals surface area contributed by atoms with Gasteiger partial charge in [0.25, 0.3) is 0 Å². The van der Waals surface area contributed by atoms with Gasteiger partial charge in [0.05, 0.1) is 22.1 Å². The van der Waals surface area contributed by atoms with Crippen LogP contribution in [0, 0.1) is 6.92 Å². The number of carbonyl (C=O) groups is 2. The highest BCUT2D eigenvalue weighted by molar-refractivity contribution is 6.49. The van der Waals surface area contributed by atoms with Crippen molar-refractivity contribution in [2.75, 3.05) is 19.0 Å². The largest absolute Gasteiger partial charge is 0.378 e. The number of rotatable bonds is 3. The fourth-order valence-electron chi connectivity index (χ4n) is 2.28. The molecule has 0 bridgehead atoms. The summed E-state index contributed by atoms with van der Waals surface area (Å²) in [6.07, 6.45) is 1.56. The number of hydrogen-bond acceptors (Lipinski definition) is 4. The summed E-state index contributed by atoms with van der Waals surface area (Å²) >= 11 is 6.11. The zero-order valence-electron chi connectivity index (χ0n) is 14.4. The molecule has 0 aromatic heterocycles. The summed E-state index contributed by atoms with van der Waals surface area (Å²) in [6.45, 7) is 5.05. The van der Waals surface area contributed by atoms with Gasteiger partial charge in [-0.3, -0.25) is 9.59 Å². The summed E-state index contributed by atoms with van der Waals surface area (Å²) < 4.78 is 0. The molecule has 0 heterocycles. The Kier molecular flexibility index (Phi) is 5.24. The van der Waals surface area contributed by atoms with Crippen molar-refractivity contribution in [3.8, 4) is 0 Å². The van der Waals surface area contributed by atoms with Gasteiger partial charge in [-0.15, -0.1) is 0 Å². The fraction of sp³-hybridized carbons (Fsp3) is 0.278. The molecular formula is C18H20ClN3O2. The number of amides is 1. The number of anilines is 1. The van der Waals surface area contributed by atoms with Gasteiger partial charge < -0.3 is 10.2 Å². The molecule has 0 saturated heterocycles. The first kappa shape index (κ1) is 17.9. The van der Waals surface area contributed by atoms with E-state index in [0.717, 1.165) is 16.9 Å². The molecule has 1 aliphatic carbocycles. The highest BCUT2D eigenvalue weighted by Crippen LogP contribution is 2.28. The molecule has 0 unspecified atom stereocenters. The van der Waals surface area contributed by atoms with E-state index in [9.17, 15) is 9.59 Å². The van der Waals surface area contributed by atoms with Crippen molar-refractivity contribution in [1.29, 1.82) is 0 Å². The molecular weight excluding hydrogens is 326 g/mol. The fourth-order valence-corrected chi connectivity index (χ4v) is 2.48. The highest BCUT2D eigenvalue weighted by atomic mass is 35.5. The average molecular weight is 346 g/mol. The summed E-state index contributed by atoms with van der Waals surface area (Å²) in [5, 5.41) is 2.58. The number of aryl methyl sites for hydroxylation is 1. The van der Waals surface area contributed by atoms with Gasteiger partial charge in [-0.2, -0.15) is 0 Å². The molecule has 24 heavy (non-hydrogen) atoms. The Bertz CT molecular complexity index is 804. The molecule has 0 fully saturated rings. The normalized spacial score (nSPS) is 16.3. The van der Waals surface area contributed by atoms with Crippen LogP contribution < -0.4 is 10.2 Å². The van der Waals surface area contributed by atoms with Crippen molar-refractivity contribution in [2.45, 2.75) is 20.8 Å². The molecule has 0 radical (unpaired) electrons. The Labute approximate surface area is 146 Å². The SMILES string of the molecule is CC(=O)NC1=CC(=Nc2ccc(N(C)C)cc2C)C(C)=C(Cl)C1=O. The second-order valence-electron chi connectivity index (χ2n) is 5.87. The topological polar surface area (TPSA) is 61.8 Å². The number of nitrogens with one attached hydrogen (secondary N) is 1. The minimum Gasteiger partial charge on any atom is -0.378 e. The van der Waals surface area contributed by atoms with Crippen molar-refractivity contribution < 1.29 is 9.59 Å². The molecule has 1 aromatic carbocycles. The molecule has 0 aliphatic heterocycles. The number of aliphatic imine (C=N–C) groups is 1. The number of carbonyl (C=O) groups excluding carboxylic acids is 2. The zero-order valence-corrected chi connectivity index (χ0v) is 15.2. The maximum atomic E-state index is 12.1. The summed E-state index contributed by atoms with van der Waals surface area (Å²) in [4.78, 5) is 30.0. The first-order valence-corrected chi connectivity index (χ1v) is 7.86. The van der Waals surface area contributed by atoms with Crippen LogP contribution in [-0.4, -0.2) is 31.5 Å². The van der Waals surface area contributed by atoms with Gasteiger partial charge in [0.2, 0.25) is 11.7 Å². The first-order valence-electron chi connectivity index (χ1n) is 7.48. The van der Waals surface area contributed by atoms with Crippen LogP contribution >= 0.6 is 11.6 Å². The quantitative estimate of drug-likeness (QED) is 0.855. The third kappa shape index (κ3) is 3.74. The van der Waals surface area contributed by atoms with Crippen molar-refractivity contribution in [2.24, 2.45) is 4.99 Å². The van der Waals surface area contributed by atoms with E-state index in [0.29, 0.717) is 11.3 Å². The molecule has 0 saturated carbocycles. The molecule has 0 atom stereocenters. The Hall–Kier alpha value is -2.40. The number of halogens is 1. The standard InChI is InChI=1S/C18H20ClN3O2/c1-10-8-13(22(4)5)6-7-14(10)21-15-9-16(20-12(3)23)18(24)17(19)11(15)2/h6-9H,1-5H3,(H,20,23). The van der Waals surface area contributed by atoms with E-state index >= 15 is 0 Å².